The third-order valence-corrected chi connectivity index (χ3v) is 11.3. The number of hydrogen-bond donors (Lipinski definition) is 0. The number of nitrogens with zero attached hydrogens (tertiary/aromatic N) is 5. The zero-order chi connectivity index (χ0) is 36.2. The first-order valence-electron chi connectivity index (χ1n) is 18.4. The van der Waals surface area contributed by atoms with E-state index in [0.29, 0.717) is 16.7 Å². The number of imidazole rings is 1. The van der Waals surface area contributed by atoms with Crippen LogP contribution in [0.25, 0.3) is 105 Å². The summed E-state index contributed by atoms with van der Waals surface area (Å²) in [5.41, 5.74) is 11.5. The summed E-state index contributed by atoms with van der Waals surface area (Å²) in [4.78, 5) is 23.3. The molecule has 5 aromatic heterocycles. The average molecular weight is 704 g/mol. The molecule has 0 amide bonds. The predicted octanol–water partition coefficient (Wildman–Crippen LogP) is 11.4. The lowest BCUT2D eigenvalue weighted by atomic mass is 10.0. The van der Waals surface area contributed by atoms with E-state index in [0.717, 1.165) is 44.3 Å². The number of para-hydroxylation sites is 3. The summed E-state index contributed by atoms with van der Waals surface area (Å²) in [6.45, 7) is 0. The van der Waals surface area contributed by atoms with Crippen molar-refractivity contribution in [2.24, 2.45) is 0 Å². The number of benzene rings is 7. The van der Waals surface area contributed by atoms with Gasteiger partial charge in [-0.3, -0.25) is 14.2 Å². The fourth-order valence-corrected chi connectivity index (χ4v) is 8.84. The van der Waals surface area contributed by atoms with Crippen molar-refractivity contribution in [1.82, 2.24) is 23.5 Å². The van der Waals surface area contributed by atoms with Gasteiger partial charge in [-0.15, -0.1) is 0 Å². The van der Waals surface area contributed by atoms with E-state index in [4.69, 9.17) is 4.98 Å². The van der Waals surface area contributed by atoms with Crippen LogP contribution in [0.15, 0.2) is 181 Å². The topological polar surface area (TPSA) is 57.1 Å². The van der Waals surface area contributed by atoms with E-state index in [1.165, 1.54) is 43.7 Å². The number of hydrogen-bond acceptors (Lipinski definition) is 3. The number of pyridine rings is 2. The molecule has 0 radical (unpaired) electrons. The van der Waals surface area contributed by atoms with E-state index in [9.17, 15) is 4.79 Å². The van der Waals surface area contributed by atoms with Crippen molar-refractivity contribution in [2.45, 2.75) is 0 Å². The summed E-state index contributed by atoms with van der Waals surface area (Å²) in [5.74, 6) is 0.617. The highest BCUT2D eigenvalue weighted by molar-refractivity contribution is 6.13. The molecule has 0 bridgehead atoms. The zero-order valence-corrected chi connectivity index (χ0v) is 29.4. The summed E-state index contributed by atoms with van der Waals surface area (Å²) in [6.07, 6.45) is 3.57. The van der Waals surface area contributed by atoms with Gasteiger partial charge in [0.25, 0.3) is 5.56 Å². The van der Waals surface area contributed by atoms with Gasteiger partial charge in [0, 0.05) is 55.5 Å². The number of aromatic nitrogens is 5. The maximum absolute atomic E-state index is 13.9. The van der Waals surface area contributed by atoms with E-state index in [1.807, 2.05) is 30.5 Å². The fourth-order valence-electron chi connectivity index (χ4n) is 8.84. The van der Waals surface area contributed by atoms with Gasteiger partial charge in [0.05, 0.1) is 33.8 Å². The molecule has 0 saturated heterocycles. The van der Waals surface area contributed by atoms with E-state index < -0.39 is 0 Å². The third-order valence-electron chi connectivity index (χ3n) is 11.3. The molecular formula is C49H29N5O. The second kappa shape index (κ2) is 11.2. The Morgan fingerprint density at radius 1 is 0.400 bits per heavy atom. The summed E-state index contributed by atoms with van der Waals surface area (Å²) >= 11 is 0. The van der Waals surface area contributed by atoms with Crippen LogP contribution in [0, 0.1) is 0 Å². The first-order valence-corrected chi connectivity index (χ1v) is 18.4. The summed E-state index contributed by atoms with van der Waals surface area (Å²) in [7, 11) is 0. The standard InChI is InChI=1S/C49H29N5O/c55-49-38-15-5-4-12-35(38)41-28-50-29-42-47(41)54(49)48(51-42)30-18-22-34(23-19-30)53-44-17-9-7-14-37(44)40-27-32(21-25-46(40)53)31-20-24-45-39(26-31)36-13-6-8-16-43(36)52(45)33-10-2-1-3-11-33/h1-29H. The van der Waals surface area contributed by atoms with Gasteiger partial charge in [-0.1, -0.05) is 84.9 Å². The Kier molecular flexibility index (Phi) is 6.11. The molecule has 12 aromatic rings. The first kappa shape index (κ1) is 29.9. The Bertz CT molecular complexity index is 3560. The molecule has 0 aliphatic carbocycles. The molecule has 256 valence electrons. The molecule has 0 aliphatic heterocycles. The summed E-state index contributed by atoms with van der Waals surface area (Å²) in [6, 6.07) is 57.6. The molecule has 0 aliphatic rings. The molecule has 0 atom stereocenters. The maximum atomic E-state index is 13.9. The van der Waals surface area contributed by atoms with Gasteiger partial charge < -0.3 is 9.13 Å². The minimum Gasteiger partial charge on any atom is -0.309 e. The molecule has 6 nitrogen and oxygen atoms in total. The Labute approximate surface area is 313 Å². The van der Waals surface area contributed by atoms with Crippen LogP contribution in [-0.2, 0) is 0 Å². The Morgan fingerprint density at radius 3 is 1.55 bits per heavy atom. The van der Waals surface area contributed by atoms with Crippen molar-refractivity contribution in [1.29, 1.82) is 0 Å². The number of rotatable bonds is 4. The van der Waals surface area contributed by atoms with Crippen LogP contribution in [0.4, 0.5) is 0 Å². The SMILES string of the molecule is O=c1c2ccccc2c2cncc3nc(-c4ccc(-n5c6ccccc6c6cc(-c7ccc8c(c7)c7ccccc7n8-c7ccccc7)ccc65)cc4)n1c32. The van der Waals surface area contributed by atoms with E-state index in [-0.39, 0.29) is 5.56 Å². The van der Waals surface area contributed by atoms with Gasteiger partial charge in [-0.25, -0.2) is 4.98 Å². The van der Waals surface area contributed by atoms with Gasteiger partial charge in [-0.2, -0.15) is 0 Å². The van der Waals surface area contributed by atoms with Gasteiger partial charge in [0.15, 0.2) is 0 Å². The van der Waals surface area contributed by atoms with Crippen molar-refractivity contribution in [3.05, 3.63) is 187 Å². The largest absolute Gasteiger partial charge is 0.309 e. The summed E-state index contributed by atoms with van der Waals surface area (Å²) < 4.78 is 6.43. The first-order chi connectivity index (χ1) is 27.2. The quantitative estimate of drug-likeness (QED) is 0.171. The van der Waals surface area contributed by atoms with Crippen LogP contribution in [0.1, 0.15) is 0 Å². The molecule has 7 aromatic carbocycles. The predicted molar refractivity (Wildman–Crippen MR) is 225 cm³/mol. The summed E-state index contributed by atoms with van der Waals surface area (Å²) in [5, 5.41) is 7.33. The number of fused-ring (bicyclic) bond motifs is 8. The van der Waals surface area contributed by atoms with E-state index in [2.05, 4.69) is 154 Å². The Balaban J connectivity index is 0.992. The van der Waals surface area contributed by atoms with Gasteiger partial charge in [0.2, 0.25) is 0 Å². The van der Waals surface area contributed by atoms with Crippen molar-refractivity contribution >= 4 is 70.8 Å². The van der Waals surface area contributed by atoms with Crippen molar-refractivity contribution in [2.75, 3.05) is 0 Å². The van der Waals surface area contributed by atoms with Crippen molar-refractivity contribution in [3.63, 3.8) is 0 Å². The van der Waals surface area contributed by atoms with Crippen molar-refractivity contribution < 1.29 is 0 Å². The molecule has 0 N–H and O–H groups in total. The fraction of sp³-hybridized carbons (Fsp3) is 0. The molecule has 12 rings (SSSR count). The van der Waals surface area contributed by atoms with Crippen LogP contribution in [0.5, 0.6) is 0 Å². The highest BCUT2D eigenvalue weighted by atomic mass is 16.1. The smallest absolute Gasteiger partial charge is 0.264 e. The average Bonchev–Trinajstić information content (AvgIpc) is 3.91. The monoisotopic (exact) mass is 703 g/mol. The lowest BCUT2D eigenvalue weighted by Gasteiger charge is -2.10. The van der Waals surface area contributed by atoms with Crippen LogP contribution in [-0.4, -0.2) is 23.5 Å². The van der Waals surface area contributed by atoms with Crippen LogP contribution < -0.4 is 5.56 Å². The molecule has 0 fully saturated rings. The Morgan fingerprint density at radius 2 is 0.909 bits per heavy atom. The lowest BCUT2D eigenvalue weighted by molar-refractivity contribution is 1.12. The molecule has 5 heterocycles. The molecule has 0 unspecified atom stereocenters. The normalized spacial score (nSPS) is 12.1. The minimum atomic E-state index is -0.0739. The second-order valence-corrected chi connectivity index (χ2v) is 14.2. The van der Waals surface area contributed by atoms with Crippen LogP contribution in [0.3, 0.4) is 0 Å². The molecule has 55 heavy (non-hydrogen) atoms. The van der Waals surface area contributed by atoms with E-state index in [1.54, 1.807) is 10.6 Å². The molecule has 0 spiro atoms. The minimum absolute atomic E-state index is 0.0739. The van der Waals surface area contributed by atoms with Crippen LogP contribution in [0.2, 0.25) is 0 Å². The zero-order valence-electron chi connectivity index (χ0n) is 29.4. The van der Waals surface area contributed by atoms with Gasteiger partial charge in [0.1, 0.15) is 11.3 Å². The molecule has 6 heteroatoms. The van der Waals surface area contributed by atoms with E-state index >= 15 is 0 Å². The Hall–Kier alpha value is -7.57. The highest BCUT2D eigenvalue weighted by Crippen LogP contribution is 2.39. The second-order valence-electron chi connectivity index (χ2n) is 14.2. The highest BCUT2D eigenvalue weighted by Gasteiger charge is 2.20. The van der Waals surface area contributed by atoms with Crippen molar-refractivity contribution in [3.8, 4) is 33.9 Å². The third kappa shape index (κ3) is 4.22. The van der Waals surface area contributed by atoms with Gasteiger partial charge in [-0.05, 0) is 95.4 Å². The van der Waals surface area contributed by atoms with Crippen LogP contribution >= 0.6 is 0 Å². The molecular weight excluding hydrogens is 675 g/mol. The molecule has 0 saturated carbocycles. The van der Waals surface area contributed by atoms with Gasteiger partial charge >= 0.3 is 0 Å². The lowest BCUT2D eigenvalue weighted by Crippen LogP contribution is -2.14. The maximum Gasteiger partial charge on any atom is 0.264 e.